The molecular weight excluding hydrogens is 426 g/mol. The largest absolute Gasteiger partial charge is 0.496 e. The van der Waals surface area contributed by atoms with Crippen LogP contribution >= 0.6 is 38.5 Å². The third-order valence-corrected chi connectivity index (χ3v) is 3.92. The van der Waals surface area contributed by atoms with E-state index in [2.05, 4.69) is 38.5 Å². The van der Waals surface area contributed by atoms with Gasteiger partial charge in [0.25, 0.3) is 0 Å². The van der Waals surface area contributed by atoms with Gasteiger partial charge in [0.05, 0.1) is 17.1 Å². The fourth-order valence-corrected chi connectivity index (χ4v) is 2.33. The molecule has 0 aliphatic rings. The Bertz CT molecular complexity index is 626. The first-order valence-corrected chi connectivity index (χ1v) is 7.23. The van der Waals surface area contributed by atoms with Gasteiger partial charge in [-0.15, -0.1) is 0 Å². The molecule has 19 heavy (non-hydrogen) atoms. The maximum absolute atomic E-state index is 13.4. The Morgan fingerprint density at radius 1 is 1.26 bits per heavy atom. The summed E-state index contributed by atoms with van der Waals surface area (Å²) >= 11 is 5.24. The minimum Gasteiger partial charge on any atom is -0.496 e. The molecule has 0 aliphatic heterocycles. The third-order valence-electron chi connectivity index (χ3n) is 2.59. The fourth-order valence-electron chi connectivity index (χ4n) is 1.63. The number of benzene rings is 2. The quantitative estimate of drug-likeness (QED) is 0.527. The van der Waals surface area contributed by atoms with E-state index in [0.717, 1.165) is 3.57 Å². The SMILES string of the molecule is COc1cc(F)c(Br)cc1C(=O)c1ccc(I)cc1. The van der Waals surface area contributed by atoms with Crippen molar-refractivity contribution in [1.29, 1.82) is 0 Å². The number of carbonyl (C=O) groups excluding carboxylic acids is 1. The van der Waals surface area contributed by atoms with Gasteiger partial charge < -0.3 is 4.74 Å². The van der Waals surface area contributed by atoms with E-state index in [4.69, 9.17) is 4.74 Å². The van der Waals surface area contributed by atoms with E-state index in [-0.39, 0.29) is 16.0 Å². The Morgan fingerprint density at radius 3 is 2.47 bits per heavy atom. The molecule has 0 amide bonds. The van der Waals surface area contributed by atoms with E-state index in [0.29, 0.717) is 11.1 Å². The standard InChI is InChI=1S/C14H9BrFIO2/c1-19-13-7-12(16)11(15)6-10(13)14(18)8-2-4-9(17)5-3-8/h2-7H,1H3. The fraction of sp³-hybridized carbons (Fsp3) is 0.0714. The van der Waals surface area contributed by atoms with Crippen LogP contribution in [-0.4, -0.2) is 12.9 Å². The van der Waals surface area contributed by atoms with Crippen LogP contribution in [0.3, 0.4) is 0 Å². The Kier molecular flexibility index (Phi) is 4.57. The lowest BCUT2D eigenvalue weighted by Crippen LogP contribution is -2.05. The molecule has 0 saturated carbocycles. The minimum absolute atomic E-state index is 0.200. The molecule has 0 aromatic heterocycles. The minimum atomic E-state index is -0.462. The molecule has 0 aliphatic carbocycles. The van der Waals surface area contributed by atoms with Crippen LogP contribution in [0.1, 0.15) is 15.9 Å². The van der Waals surface area contributed by atoms with Gasteiger partial charge in [0.15, 0.2) is 5.78 Å². The second kappa shape index (κ2) is 6.00. The van der Waals surface area contributed by atoms with E-state index in [9.17, 15) is 9.18 Å². The highest BCUT2D eigenvalue weighted by Crippen LogP contribution is 2.28. The zero-order valence-electron chi connectivity index (χ0n) is 9.91. The van der Waals surface area contributed by atoms with Gasteiger partial charge in [-0.2, -0.15) is 0 Å². The summed E-state index contributed by atoms with van der Waals surface area (Å²) in [7, 11) is 1.41. The molecule has 0 unspecified atom stereocenters. The molecule has 0 radical (unpaired) electrons. The highest BCUT2D eigenvalue weighted by molar-refractivity contribution is 14.1. The zero-order chi connectivity index (χ0) is 14.0. The smallest absolute Gasteiger partial charge is 0.196 e. The van der Waals surface area contributed by atoms with Gasteiger partial charge in [0, 0.05) is 15.2 Å². The molecule has 0 spiro atoms. The first-order valence-electron chi connectivity index (χ1n) is 5.36. The topological polar surface area (TPSA) is 26.3 Å². The number of hydrogen-bond acceptors (Lipinski definition) is 2. The average molecular weight is 435 g/mol. The highest BCUT2D eigenvalue weighted by atomic mass is 127. The first kappa shape index (κ1) is 14.5. The molecule has 2 rings (SSSR count). The van der Waals surface area contributed by atoms with E-state index in [1.807, 2.05) is 12.1 Å². The Labute approximate surface area is 132 Å². The number of halogens is 3. The van der Waals surface area contributed by atoms with Crippen molar-refractivity contribution in [3.05, 3.63) is 61.4 Å². The second-order valence-electron chi connectivity index (χ2n) is 3.80. The van der Waals surface area contributed by atoms with E-state index in [1.165, 1.54) is 19.2 Å². The van der Waals surface area contributed by atoms with Crippen molar-refractivity contribution in [3.8, 4) is 5.75 Å². The van der Waals surface area contributed by atoms with Gasteiger partial charge in [0.2, 0.25) is 0 Å². The first-order chi connectivity index (χ1) is 9.02. The van der Waals surface area contributed by atoms with E-state index < -0.39 is 5.82 Å². The van der Waals surface area contributed by atoms with Crippen molar-refractivity contribution in [2.75, 3.05) is 7.11 Å². The molecule has 0 N–H and O–H groups in total. The number of ketones is 1. The molecule has 0 saturated heterocycles. The van der Waals surface area contributed by atoms with Crippen molar-refractivity contribution in [2.45, 2.75) is 0 Å². The lowest BCUT2D eigenvalue weighted by atomic mass is 10.0. The molecule has 2 nitrogen and oxygen atoms in total. The maximum atomic E-state index is 13.4. The monoisotopic (exact) mass is 434 g/mol. The van der Waals surface area contributed by atoms with Crippen LogP contribution in [0.25, 0.3) is 0 Å². The number of carbonyl (C=O) groups is 1. The summed E-state index contributed by atoms with van der Waals surface area (Å²) < 4.78 is 19.8. The van der Waals surface area contributed by atoms with Crippen LogP contribution < -0.4 is 4.74 Å². The van der Waals surface area contributed by atoms with Crippen LogP contribution in [0.15, 0.2) is 40.9 Å². The predicted molar refractivity (Wildman–Crippen MR) is 83.2 cm³/mol. The summed E-state index contributed by atoms with van der Waals surface area (Å²) in [5.74, 6) is -0.436. The molecule has 0 heterocycles. The summed E-state index contributed by atoms with van der Waals surface area (Å²) in [4.78, 5) is 12.4. The number of rotatable bonds is 3. The van der Waals surface area contributed by atoms with E-state index in [1.54, 1.807) is 12.1 Å². The van der Waals surface area contributed by atoms with Gasteiger partial charge in [-0.1, -0.05) is 0 Å². The van der Waals surface area contributed by atoms with Gasteiger partial charge in [-0.25, -0.2) is 4.39 Å². The molecule has 0 atom stereocenters. The van der Waals surface area contributed by atoms with Crippen LogP contribution in [0.4, 0.5) is 4.39 Å². The second-order valence-corrected chi connectivity index (χ2v) is 5.90. The number of ether oxygens (including phenoxy) is 1. The van der Waals surface area contributed by atoms with Crippen LogP contribution in [0, 0.1) is 9.39 Å². The van der Waals surface area contributed by atoms with Crippen molar-refractivity contribution < 1.29 is 13.9 Å². The molecule has 0 fully saturated rings. The molecule has 0 bridgehead atoms. The average Bonchev–Trinajstić information content (AvgIpc) is 2.41. The summed E-state index contributed by atoms with van der Waals surface area (Å²) in [6, 6.07) is 9.80. The Hall–Kier alpha value is -0.950. The van der Waals surface area contributed by atoms with Crippen LogP contribution in [-0.2, 0) is 0 Å². The van der Waals surface area contributed by atoms with Crippen LogP contribution in [0.2, 0.25) is 0 Å². The Balaban J connectivity index is 2.49. The lowest BCUT2D eigenvalue weighted by molar-refractivity contribution is 0.103. The highest BCUT2D eigenvalue weighted by Gasteiger charge is 2.17. The lowest BCUT2D eigenvalue weighted by Gasteiger charge is -2.09. The molecular formula is C14H9BrFIO2. The summed E-state index contributed by atoms with van der Waals surface area (Å²) in [5, 5.41) is 0. The van der Waals surface area contributed by atoms with Crippen molar-refractivity contribution in [1.82, 2.24) is 0 Å². The summed E-state index contributed by atoms with van der Waals surface area (Å²) in [5.41, 5.74) is 0.870. The van der Waals surface area contributed by atoms with Crippen LogP contribution in [0.5, 0.6) is 5.75 Å². The number of hydrogen-bond donors (Lipinski definition) is 0. The van der Waals surface area contributed by atoms with Gasteiger partial charge in [-0.3, -0.25) is 4.79 Å². The molecule has 2 aromatic rings. The summed E-state index contributed by atoms with van der Waals surface area (Å²) in [6.07, 6.45) is 0. The zero-order valence-corrected chi connectivity index (χ0v) is 13.7. The normalized spacial score (nSPS) is 10.3. The molecule has 2 aromatic carbocycles. The van der Waals surface area contributed by atoms with Gasteiger partial charge in [-0.05, 0) is 68.9 Å². The molecule has 5 heteroatoms. The number of methoxy groups -OCH3 is 1. The van der Waals surface area contributed by atoms with Crippen molar-refractivity contribution in [2.24, 2.45) is 0 Å². The van der Waals surface area contributed by atoms with Crippen molar-refractivity contribution >= 4 is 44.3 Å². The van der Waals surface area contributed by atoms with E-state index >= 15 is 0 Å². The summed E-state index contributed by atoms with van der Waals surface area (Å²) in [6.45, 7) is 0. The Morgan fingerprint density at radius 2 is 1.89 bits per heavy atom. The molecule has 98 valence electrons. The maximum Gasteiger partial charge on any atom is 0.196 e. The third kappa shape index (κ3) is 3.14. The van der Waals surface area contributed by atoms with Gasteiger partial charge >= 0.3 is 0 Å². The van der Waals surface area contributed by atoms with Crippen molar-refractivity contribution in [3.63, 3.8) is 0 Å². The van der Waals surface area contributed by atoms with Gasteiger partial charge in [0.1, 0.15) is 11.6 Å². The predicted octanol–water partition coefficient (Wildman–Crippen LogP) is 4.43.